The number of H-pyrrole nitrogens is 1. The number of aromatic amines is 1. The molecule has 0 amide bonds. The van der Waals surface area contributed by atoms with Crippen molar-refractivity contribution in [2.24, 2.45) is 5.92 Å². The summed E-state index contributed by atoms with van der Waals surface area (Å²) in [7, 11) is 0. The molecule has 1 aliphatic rings. The molecule has 0 aromatic carbocycles. The third-order valence-corrected chi connectivity index (χ3v) is 2.77. The van der Waals surface area contributed by atoms with Crippen LogP contribution in [0.25, 0.3) is 0 Å². The summed E-state index contributed by atoms with van der Waals surface area (Å²) >= 11 is 0. The Hall–Kier alpha value is -1.32. The number of hydrogen-bond acceptors (Lipinski definition) is 3. The van der Waals surface area contributed by atoms with Gasteiger partial charge in [-0.15, -0.1) is 0 Å². The second-order valence-electron chi connectivity index (χ2n) is 3.94. The molecule has 0 aliphatic carbocycles. The van der Waals surface area contributed by atoms with Crippen molar-refractivity contribution in [3.05, 3.63) is 22.7 Å². The number of hydrogen-bond donors (Lipinski definition) is 1. The molecule has 1 fully saturated rings. The van der Waals surface area contributed by atoms with Crippen molar-refractivity contribution in [1.29, 1.82) is 0 Å². The summed E-state index contributed by atoms with van der Waals surface area (Å²) in [4.78, 5) is 19.9. The monoisotopic (exact) mass is 193 g/mol. The molecule has 0 radical (unpaired) electrons. The molecule has 1 aromatic rings. The van der Waals surface area contributed by atoms with Crippen molar-refractivity contribution in [3.63, 3.8) is 0 Å². The standard InChI is InChI=1S/C10H15N3O/c1-8-2-4-13(5-3-8)9-6-10(14)12-7-11-9/h6-8H,2-5H2,1H3,(H,11,12,14). The number of aromatic nitrogens is 2. The summed E-state index contributed by atoms with van der Waals surface area (Å²) in [6.45, 7) is 4.29. The van der Waals surface area contributed by atoms with Crippen molar-refractivity contribution in [2.45, 2.75) is 19.8 Å². The van der Waals surface area contributed by atoms with Crippen LogP contribution in [0.15, 0.2) is 17.2 Å². The lowest BCUT2D eigenvalue weighted by atomic mass is 9.99. The minimum Gasteiger partial charge on any atom is -0.356 e. The maximum Gasteiger partial charge on any atom is 0.252 e. The van der Waals surface area contributed by atoms with Crippen molar-refractivity contribution in [2.75, 3.05) is 18.0 Å². The van der Waals surface area contributed by atoms with Crippen molar-refractivity contribution >= 4 is 5.82 Å². The van der Waals surface area contributed by atoms with E-state index in [4.69, 9.17) is 0 Å². The predicted octanol–water partition coefficient (Wildman–Crippen LogP) is 1.01. The molecular weight excluding hydrogens is 178 g/mol. The topological polar surface area (TPSA) is 49.0 Å². The van der Waals surface area contributed by atoms with Crippen LogP contribution in [0.5, 0.6) is 0 Å². The largest absolute Gasteiger partial charge is 0.356 e. The fourth-order valence-electron chi connectivity index (χ4n) is 1.77. The minimum absolute atomic E-state index is 0.0754. The molecule has 1 N–H and O–H groups in total. The van der Waals surface area contributed by atoms with E-state index in [1.54, 1.807) is 6.07 Å². The maximum atomic E-state index is 11.1. The smallest absolute Gasteiger partial charge is 0.252 e. The van der Waals surface area contributed by atoms with Gasteiger partial charge in [0.05, 0.1) is 6.33 Å². The van der Waals surface area contributed by atoms with Crippen LogP contribution in [0, 0.1) is 5.92 Å². The van der Waals surface area contributed by atoms with Gasteiger partial charge in [0, 0.05) is 19.2 Å². The highest BCUT2D eigenvalue weighted by molar-refractivity contribution is 5.36. The molecule has 0 spiro atoms. The highest BCUT2D eigenvalue weighted by Gasteiger charge is 2.16. The van der Waals surface area contributed by atoms with E-state index in [1.165, 1.54) is 19.2 Å². The molecule has 14 heavy (non-hydrogen) atoms. The van der Waals surface area contributed by atoms with Crippen LogP contribution in [0.4, 0.5) is 5.82 Å². The van der Waals surface area contributed by atoms with Gasteiger partial charge in [-0.3, -0.25) is 4.79 Å². The average Bonchev–Trinajstić information content (AvgIpc) is 2.19. The third-order valence-electron chi connectivity index (χ3n) is 2.77. The SMILES string of the molecule is CC1CCN(c2cc(=O)[nH]cn2)CC1. The molecule has 0 unspecified atom stereocenters. The van der Waals surface area contributed by atoms with E-state index in [0.717, 1.165) is 24.8 Å². The lowest BCUT2D eigenvalue weighted by Crippen LogP contribution is -2.34. The van der Waals surface area contributed by atoms with E-state index in [1.807, 2.05) is 0 Å². The highest BCUT2D eigenvalue weighted by atomic mass is 16.1. The molecular formula is C10H15N3O. The van der Waals surface area contributed by atoms with Gasteiger partial charge >= 0.3 is 0 Å². The van der Waals surface area contributed by atoms with Gasteiger partial charge < -0.3 is 9.88 Å². The van der Waals surface area contributed by atoms with E-state index in [9.17, 15) is 4.79 Å². The van der Waals surface area contributed by atoms with E-state index < -0.39 is 0 Å². The highest BCUT2D eigenvalue weighted by Crippen LogP contribution is 2.19. The van der Waals surface area contributed by atoms with Crippen LogP contribution < -0.4 is 10.5 Å². The summed E-state index contributed by atoms with van der Waals surface area (Å²) < 4.78 is 0. The first-order valence-electron chi connectivity index (χ1n) is 5.05. The number of rotatable bonds is 1. The quantitative estimate of drug-likeness (QED) is 0.724. The van der Waals surface area contributed by atoms with Gasteiger partial charge in [0.15, 0.2) is 0 Å². The molecule has 2 heterocycles. The van der Waals surface area contributed by atoms with Gasteiger partial charge in [-0.25, -0.2) is 4.98 Å². The zero-order chi connectivity index (χ0) is 9.97. The van der Waals surface area contributed by atoms with Gasteiger partial charge in [0.2, 0.25) is 0 Å². The summed E-state index contributed by atoms with van der Waals surface area (Å²) in [5, 5.41) is 0. The second-order valence-corrected chi connectivity index (χ2v) is 3.94. The molecule has 4 heteroatoms. The molecule has 1 aliphatic heterocycles. The average molecular weight is 193 g/mol. The molecule has 0 saturated carbocycles. The maximum absolute atomic E-state index is 11.1. The Bertz CT molecular complexity index is 352. The summed E-state index contributed by atoms with van der Waals surface area (Å²) in [5.74, 6) is 1.61. The zero-order valence-electron chi connectivity index (χ0n) is 8.36. The predicted molar refractivity (Wildman–Crippen MR) is 55.5 cm³/mol. The van der Waals surface area contributed by atoms with Crippen LogP contribution in [0.1, 0.15) is 19.8 Å². The van der Waals surface area contributed by atoms with Crippen LogP contribution in [0.2, 0.25) is 0 Å². The first kappa shape index (κ1) is 9.24. The molecule has 0 atom stereocenters. The van der Waals surface area contributed by atoms with Gasteiger partial charge in [0.25, 0.3) is 5.56 Å². The van der Waals surface area contributed by atoms with Crippen molar-refractivity contribution < 1.29 is 0 Å². The van der Waals surface area contributed by atoms with Crippen molar-refractivity contribution in [3.8, 4) is 0 Å². The number of anilines is 1. The van der Waals surface area contributed by atoms with E-state index in [2.05, 4.69) is 21.8 Å². The fourth-order valence-corrected chi connectivity index (χ4v) is 1.77. The number of piperidine rings is 1. The molecule has 1 saturated heterocycles. The van der Waals surface area contributed by atoms with Crippen molar-refractivity contribution in [1.82, 2.24) is 9.97 Å². The van der Waals surface area contributed by atoms with Gasteiger partial charge in [-0.2, -0.15) is 0 Å². The Morgan fingerprint density at radius 3 is 2.86 bits per heavy atom. The van der Waals surface area contributed by atoms with Gasteiger partial charge in [0.1, 0.15) is 5.82 Å². The Morgan fingerprint density at radius 1 is 1.50 bits per heavy atom. The molecule has 76 valence electrons. The molecule has 0 bridgehead atoms. The fraction of sp³-hybridized carbons (Fsp3) is 0.600. The summed E-state index contributed by atoms with van der Waals surface area (Å²) in [5.41, 5.74) is -0.0754. The zero-order valence-corrected chi connectivity index (χ0v) is 8.36. The minimum atomic E-state index is -0.0754. The Labute approximate surface area is 83.0 Å². The van der Waals surface area contributed by atoms with E-state index >= 15 is 0 Å². The molecule has 2 rings (SSSR count). The number of nitrogens with one attached hydrogen (secondary N) is 1. The second kappa shape index (κ2) is 3.82. The Balaban J connectivity index is 2.12. The molecule has 1 aromatic heterocycles. The van der Waals surface area contributed by atoms with Crippen LogP contribution in [-0.4, -0.2) is 23.1 Å². The van der Waals surface area contributed by atoms with Gasteiger partial charge in [-0.05, 0) is 18.8 Å². The number of nitrogens with zero attached hydrogens (tertiary/aromatic N) is 2. The van der Waals surface area contributed by atoms with E-state index in [0.29, 0.717) is 0 Å². The summed E-state index contributed by atoms with van der Waals surface area (Å²) in [6, 6.07) is 1.57. The van der Waals surface area contributed by atoms with Crippen LogP contribution >= 0.6 is 0 Å². The first-order valence-corrected chi connectivity index (χ1v) is 5.05. The Morgan fingerprint density at radius 2 is 2.21 bits per heavy atom. The van der Waals surface area contributed by atoms with Crippen LogP contribution in [0.3, 0.4) is 0 Å². The molecule has 4 nitrogen and oxygen atoms in total. The first-order chi connectivity index (χ1) is 6.75. The normalized spacial score (nSPS) is 18.5. The van der Waals surface area contributed by atoms with E-state index in [-0.39, 0.29) is 5.56 Å². The van der Waals surface area contributed by atoms with Crippen LogP contribution in [-0.2, 0) is 0 Å². The third kappa shape index (κ3) is 1.95. The van der Waals surface area contributed by atoms with Gasteiger partial charge in [-0.1, -0.05) is 6.92 Å². The Kier molecular flexibility index (Phi) is 2.52. The summed E-state index contributed by atoms with van der Waals surface area (Å²) in [6.07, 6.45) is 3.85. The lowest BCUT2D eigenvalue weighted by Gasteiger charge is -2.30. The lowest BCUT2D eigenvalue weighted by molar-refractivity contribution is 0.436.